The van der Waals surface area contributed by atoms with Gasteiger partial charge in [0.25, 0.3) is 5.91 Å². The Bertz CT molecular complexity index is 1530. The number of amides is 2. The number of benzene rings is 2. The molecule has 2 aromatic heterocycles. The number of rotatable bonds is 12. The average molecular weight is 620 g/mol. The Balaban J connectivity index is 1.12. The van der Waals surface area contributed by atoms with Gasteiger partial charge in [-0.05, 0) is 68.3 Å². The highest BCUT2D eigenvalue weighted by Gasteiger charge is 2.30. The summed E-state index contributed by atoms with van der Waals surface area (Å²) in [5, 5.41) is 9.57. The topological polar surface area (TPSA) is 112 Å². The van der Waals surface area contributed by atoms with Gasteiger partial charge in [-0.15, -0.1) is 10.2 Å². The number of thioether (sulfide) groups is 1. The van der Waals surface area contributed by atoms with E-state index in [1.165, 1.54) is 0 Å². The van der Waals surface area contributed by atoms with Gasteiger partial charge in [-0.25, -0.2) is 0 Å². The number of methoxy groups -OCH3 is 3. The average Bonchev–Trinajstić information content (AvgIpc) is 3.74. The molecule has 0 aliphatic carbocycles. The first kappa shape index (κ1) is 31.0. The molecule has 232 valence electrons. The molecular weight excluding hydrogens is 582 g/mol. The molecule has 0 N–H and O–H groups in total. The van der Waals surface area contributed by atoms with E-state index in [1.807, 2.05) is 57.7 Å². The fraction of sp³-hybridized carbons (Fsp3) is 0.375. The van der Waals surface area contributed by atoms with Gasteiger partial charge >= 0.3 is 0 Å². The predicted octanol–water partition coefficient (Wildman–Crippen LogP) is 5.19. The third-order valence-corrected chi connectivity index (χ3v) is 8.58. The van der Waals surface area contributed by atoms with Crippen molar-refractivity contribution in [2.45, 2.75) is 37.4 Å². The lowest BCUT2D eigenvalue weighted by Crippen LogP contribution is -2.55. The fourth-order valence-corrected chi connectivity index (χ4v) is 6.13. The van der Waals surface area contributed by atoms with Gasteiger partial charge in [0.05, 0.1) is 33.3 Å². The maximum atomic E-state index is 13.3. The Morgan fingerprint density at radius 1 is 0.932 bits per heavy atom. The van der Waals surface area contributed by atoms with Crippen molar-refractivity contribution in [1.82, 2.24) is 24.6 Å². The number of ether oxygens (including phenoxy) is 3. The molecule has 4 aromatic rings. The van der Waals surface area contributed by atoms with Gasteiger partial charge < -0.3 is 28.4 Å². The van der Waals surface area contributed by atoms with Crippen LogP contribution in [-0.2, 0) is 4.79 Å². The smallest absolute Gasteiger partial charge is 0.254 e. The van der Waals surface area contributed by atoms with Crippen LogP contribution in [0.5, 0.6) is 17.2 Å². The maximum Gasteiger partial charge on any atom is 0.254 e. The minimum atomic E-state index is -0.111. The third-order valence-electron chi connectivity index (χ3n) is 7.56. The van der Waals surface area contributed by atoms with Crippen LogP contribution in [0, 0.1) is 0 Å². The molecular formula is C32H37N5O6S. The Labute approximate surface area is 261 Å². The van der Waals surface area contributed by atoms with Crippen molar-refractivity contribution >= 4 is 23.6 Å². The minimum absolute atomic E-state index is 0.100. The van der Waals surface area contributed by atoms with Gasteiger partial charge in [-0.1, -0.05) is 11.8 Å². The largest absolute Gasteiger partial charge is 0.497 e. The molecule has 1 aliphatic heterocycles. The highest BCUT2D eigenvalue weighted by molar-refractivity contribution is 7.99. The standard InChI is InChI=1S/C32H37N5O6S/c1-22-21-35(14-15-36(22)31(39)23-18-26(41-3)20-27(19-23)42-4)29(38)9-5-6-17-44-32-34-33-30(28-8-7-16-43-28)37(32)24-10-12-25(40-2)13-11-24/h7-8,10-13,16,18-20,22H,5-6,9,14-15,17,21H2,1-4H3. The van der Waals surface area contributed by atoms with Crippen molar-refractivity contribution in [3.63, 3.8) is 0 Å². The molecule has 0 radical (unpaired) electrons. The van der Waals surface area contributed by atoms with Gasteiger partial charge in [0.1, 0.15) is 17.2 Å². The van der Waals surface area contributed by atoms with E-state index in [9.17, 15) is 9.59 Å². The van der Waals surface area contributed by atoms with Gasteiger partial charge in [-0.2, -0.15) is 0 Å². The molecule has 44 heavy (non-hydrogen) atoms. The normalized spacial score (nSPS) is 14.9. The van der Waals surface area contributed by atoms with E-state index in [1.54, 1.807) is 57.6 Å². The van der Waals surface area contributed by atoms with E-state index < -0.39 is 0 Å². The lowest BCUT2D eigenvalue weighted by atomic mass is 10.1. The third kappa shape index (κ3) is 7.02. The SMILES string of the molecule is COc1ccc(-n2c(SCCCCC(=O)N3CCN(C(=O)c4cc(OC)cc(OC)c4)C(C)C3)nnc2-c2ccco2)cc1. The first-order valence-corrected chi connectivity index (χ1v) is 15.5. The molecule has 1 aliphatic rings. The molecule has 3 heterocycles. The van der Waals surface area contributed by atoms with Crippen molar-refractivity contribution in [2.75, 3.05) is 46.7 Å². The quantitative estimate of drug-likeness (QED) is 0.156. The number of piperazine rings is 1. The molecule has 2 aromatic carbocycles. The van der Waals surface area contributed by atoms with Crippen molar-refractivity contribution in [3.8, 4) is 34.5 Å². The van der Waals surface area contributed by atoms with E-state index in [-0.39, 0.29) is 17.9 Å². The molecule has 5 rings (SSSR count). The Morgan fingerprint density at radius 2 is 1.66 bits per heavy atom. The second-order valence-electron chi connectivity index (χ2n) is 10.4. The number of furan rings is 1. The summed E-state index contributed by atoms with van der Waals surface area (Å²) in [6.45, 7) is 3.45. The molecule has 11 nitrogen and oxygen atoms in total. The van der Waals surface area contributed by atoms with Crippen LogP contribution >= 0.6 is 11.8 Å². The van der Waals surface area contributed by atoms with Crippen LogP contribution in [0.4, 0.5) is 0 Å². The van der Waals surface area contributed by atoms with Crippen LogP contribution in [0.25, 0.3) is 17.3 Å². The van der Waals surface area contributed by atoms with Gasteiger partial charge in [0.2, 0.25) is 11.7 Å². The zero-order valence-corrected chi connectivity index (χ0v) is 26.2. The zero-order valence-electron chi connectivity index (χ0n) is 25.4. The molecule has 1 unspecified atom stereocenters. The maximum absolute atomic E-state index is 13.3. The molecule has 0 saturated carbocycles. The van der Waals surface area contributed by atoms with Crippen LogP contribution < -0.4 is 14.2 Å². The summed E-state index contributed by atoms with van der Waals surface area (Å²) in [4.78, 5) is 30.0. The molecule has 0 bridgehead atoms. The number of carbonyl (C=O) groups excluding carboxylic acids is 2. The van der Waals surface area contributed by atoms with Crippen molar-refractivity contribution < 1.29 is 28.2 Å². The van der Waals surface area contributed by atoms with Gasteiger partial charge in [-0.3, -0.25) is 14.2 Å². The molecule has 1 atom stereocenters. The van der Waals surface area contributed by atoms with Crippen molar-refractivity contribution in [3.05, 3.63) is 66.4 Å². The lowest BCUT2D eigenvalue weighted by Gasteiger charge is -2.40. The van der Waals surface area contributed by atoms with Gasteiger partial charge in [0.15, 0.2) is 10.9 Å². The molecule has 0 spiro atoms. The minimum Gasteiger partial charge on any atom is -0.497 e. The van der Waals surface area contributed by atoms with E-state index in [2.05, 4.69) is 10.2 Å². The van der Waals surface area contributed by atoms with E-state index in [0.29, 0.717) is 54.7 Å². The summed E-state index contributed by atoms with van der Waals surface area (Å²) in [5.74, 6) is 3.93. The summed E-state index contributed by atoms with van der Waals surface area (Å²) in [7, 11) is 4.75. The first-order chi connectivity index (χ1) is 21.4. The Kier molecular flexibility index (Phi) is 10.1. The van der Waals surface area contributed by atoms with E-state index in [4.69, 9.17) is 18.6 Å². The molecule has 12 heteroatoms. The van der Waals surface area contributed by atoms with Gasteiger partial charge in [0, 0.05) is 49.5 Å². The molecule has 2 amide bonds. The van der Waals surface area contributed by atoms with Crippen LogP contribution in [0.2, 0.25) is 0 Å². The Hall–Kier alpha value is -4.45. The summed E-state index contributed by atoms with van der Waals surface area (Å²) in [6.07, 6.45) is 3.66. The summed E-state index contributed by atoms with van der Waals surface area (Å²) >= 11 is 1.59. The number of unbranched alkanes of at least 4 members (excludes halogenated alkanes) is 1. The fourth-order valence-electron chi connectivity index (χ4n) is 5.18. The van der Waals surface area contributed by atoms with E-state index in [0.717, 1.165) is 35.2 Å². The monoisotopic (exact) mass is 619 g/mol. The Morgan fingerprint density at radius 3 is 2.30 bits per heavy atom. The second-order valence-corrected chi connectivity index (χ2v) is 11.5. The predicted molar refractivity (Wildman–Crippen MR) is 167 cm³/mol. The van der Waals surface area contributed by atoms with Crippen LogP contribution in [0.15, 0.2) is 70.4 Å². The molecule has 1 saturated heterocycles. The number of nitrogens with zero attached hydrogens (tertiary/aromatic N) is 5. The number of aromatic nitrogens is 3. The highest BCUT2D eigenvalue weighted by Crippen LogP contribution is 2.30. The van der Waals surface area contributed by atoms with Crippen LogP contribution in [0.3, 0.4) is 0 Å². The summed E-state index contributed by atoms with van der Waals surface area (Å²) in [6, 6.07) is 16.4. The zero-order chi connectivity index (χ0) is 31.1. The van der Waals surface area contributed by atoms with E-state index >= 15 is 0 Å². The second kappa shape index (κ2) is 14.3. The van der Waals surface area contributed by atoms with Crippen molar-refractivity contribution in [1.29, 1.82) is 0 Å². The molecule has 1 fully saturated rings. The first-order valence-electron chi connectivity index (χ1n) is 14.5. The lowest BCUT2D eigenvalue weighted by molar-refractivity contribution is -0.133. The number of hydrogen-bond acceptors (Lipinski definition) is 9. The van der Waals surface area contributed by atoms with Crippen LogP contribution in [-0.4, -0.2) is 89.1 Å². The number of carbonyl (C=O) groups is 2. The van der Waals surface area contributed by atoms with Crippen molar-refractivity contribution in [2.24, 2.45) is 0 Å². The highest BCUT2D eigenvalue weighted by atomic mass is 32.2. The number of hydrogen-bond donors (Lipinski definition) is 0. The summed E-state index contributed by atoms with van der Waals surface area (Å²) in [5.41, 5.74) is 1.40. The summed E-state index contributed by atoms with van der Waals surface area (Å²) < 4.78 is 23.5. The van der Waals surface area contributed by atoms with Crippen LogP contribution in [0.1, 0.15) is 36.5 Å².